The molecule has 0 aliphatic carbocycles. The van der Waals surface area contributed by atoms with E-state index in [4.69, 9.17) is 4.74 Å². The average Bonchev–Trinajstić information content (AvgIpc) is 3.15. The number of ether oxygens (including phenoxy) is 1. The molecule has 0 radical (unpaired) electrons. The van der Waals surface area contributed by atoms with Crippen molar-refractivity contribution in [2.24, 2.45) is 0 Å². The van der Waals surface area contributed by atoms with Crippen LogP contribution in [0.4, 0.5) is 4.79 Å². The Morgan fingerprint density at radius 3 is 2.56 bits per heavy atom. The van der Waals surface area contributed by atoms with E-state index < -0.39 is 6.09 Å². The molecule has 27 heavy (non-hydrogen) atoms. The summed E-state index contributed by atoms with van der Waals surface area (Å²) in [5.74, 6) is -0.0667. The smallest absolute Gasteiger partial charge is 0.407 e. The van der Waals surface area contributed by atoms with Crippen LogP contribution in [-0.4, -0.2) is 59.9 Å². The van der Waals surface area contributed by atoms with Crippen molar-refractivity contribution in [2.45, 2.75) is 44.8 Å². The van der Waals surface area contributed by atoms with Crippen LogP contribution in [0.3, 0.4) is 0 Å². The number of likely N-dealkylation sites (tertiary alicyclic amines) is 2. The molecule has 1 aromatic carbocycles. The van der Waals surface area contributed by atoms with Crippen molar-refractivity contribution in [1.29, 1.82) is 0 Å². The summed E-state index contributed by atoms with van der Waals surface area (Å²) >= 11 is 0. The number of nitrogens with one attached hydrogen (secondary N) is 1. The fourth-order valence-corrected chi connectivity index (χ4v) is 3.55. The van der Waals surface area contributed by atoms with Crippen LogP contribution < -0.4 is 5.32 Å². The van der Waals surface area contributed by atoms with Gasteiger partial charge in [0.05, 0.1) is 6.54 Å². The zero-order valence-electron chi connectivity index (χ0n) is 15.6. The molecule has 1 aromatic rings. The van der Waals surface area contributed by atoms with Gasteiger partial charge in [0, 0.05) is 32.1 Å². The lowest BCUT2D eigenvalue weighted by atomic mass is 10.1. The van der Waals surface area contributed by atoms with E-state index in [1.54, 1.807) is 4.90 Å². The van der Waals surface area contributed by atoms with Gasteiger partial charge in [0.2, 0.25) is 11.8 Å². The molecule has 0 unspecified atom stereocenters. The normalized spacial score (nSPS) is 20.3. The van der Waals surface area contributed by atoms with Crippen molar-refractivity contribution >= 4 is 17.9 Å². The molecule has 2 fully saturated rings. The van der Waals surface area contributed by atoms with Gasteiger partial charge >= 0.3 is 6.09 Å². The molecule has 2 heterocycles. The molecule has 2 saturated heterocycles. The highest BCUT2D eigenvalue weighted by atomic mass is 16.5. The first-order valence-electron chi connectivity index (χ1n) is 9.64. The molecule has 3 rings (SSSR count). The van der Waals surface area contributed by atoms with Crippen molar-refractivity contribution in [3.63, 3.8) is 0 Å². The van der Waals surface area contributed by atoms with Gasteiger partial charge in [-0.05, 0) is 31.2 Å². The lowest BCUT2D eigenvalue weighted by molar-refractivity contribution is -0.139. The number of rotatable bonds is 5. The van der Waals surface area contributed by atoms with Crippen LogP contribution in [0.15, 0.2) is 30.3 Å². The molecule has 0 saturated carbocycles. The molecule has 2 aliphatic rings. The van der Waals surface area contributed by atoms with Crippen molar-refractivity contribution in [1.82, 2.24) is 15.1 Å². The fraction of sp³-hybridized carbons (Fsp3) is 0.550. The number of benzene rings is 1. The summed E-state index contributed by atoms with van der Waals surface area (Å²) in [6.07, 6.45) is 3.21. The molecule has 146 valence electrons. The van der Waals surface area contributed by atoms with Crippen LogP contribution in [0.2, 0.25) is 0 Å². The second-order valence-corrected chi connectivity index (χ2v) is 7.15. The Morgan fingerprint density at radius 2 is 1.81 bits per heavy atom. The van der Waals surface area contributed by atoms with Crippen molar-refractivity contribution in [3.05, 3.63) is 35.9 Å². The van der Waals surface area contributed by atoms with Gasteiger partial charge in [0.1, 0.15) is 6.61 Å². The van der Waals surface area contributed by atoms with E-state index in [0.717, 1.165) is 37.9 Å². The van der Waals surface area contributed by atoms with Crippen molar-refractivity contribution in [3.8, 4) is 0 Å². The van der Waals surface area contributed by atoms with E-state index in [1.807, 2.05) is 35.2 Å². The third kappa shape index (κ3) is 5.70. The second kappa shape index (κ2) is 9.39. The number of hydrogen-bond donors (Lipinski definition) is 1. The molecule has 3 amide bonds. The summed E-state index contributed by atoms with van der Waals surface area (Å²) in [5, 5.41) is 2.78. The van der Waals surface area contributed by atoms with E-state index >= 15 is 0 Å². The maximum Gasteiger partial charge on any atom is 0.407 e. The van der Waals surface area contributed by atoms with Gasteiger partial charge in [-0.25, -0.2) is 4.79 Å². The fourth-order valence-electron chi connectivity index (χ4n) is 3.55. The molecule has 0 aromatic heterocycles. The van der Waals surface area contributed by atoms with Gasteiger partial charge in [-0.2, -0.15) is 0 Å². The number of hydrogen-bond acceptors (Lipinski definition) is 4. The molecular weight excluding hydrogens is 346 g/mol. The lowest BCUT2D eigenvalue weighted by Crippen LogP contribution is -2.43. The Kier molecular flexibility index (Phi) is 6.68. The molecule has 1 N–H and O–H groups in total. The molecule has 1 atom stereocenters. The highest BCUT2D eigenvalue weighted by Crippen LogP contribution is 2.14. The summed E-state index contributed by atoms with van der Waals surface area (Å²) in [7, 11) is 0. The zero-order chi connectivity index (χ0) is 19.1. The lowest BCUT2D eigenvalue weighted by Gasteiger charge is -2.23. The first kappa shape index (κ1) is 19.2. The minimum absolute atomic E-state index is 0.0227. The maximum absolute atomic E-state index is 12.5. The molecule has 7 nitrogen and oxygen atoms in total. The minimum atomic E-state index is -0.516. The summed E-state index contributed by atoms with van der Waals surface area (Å²) in [6.45, 7) is 2.47. The Bertz CT molecular complexity index is 658. The molecule has 7 heteroatoms. The second-order valence-electron chi connectivity index (χ2n) is 7.15. The summed E-state index contributed by atoms with van der Waals surface area (Å²) in [5.41, 5.74) is 0.913. The predicted octanol–water partition coefficient (Wildman–Crippen LogP) is 1.92. The monoisotopic (exact) mass is 373 g/mol. The molecule has 0 bridgehead atoms. The van der Waals surface area contributed by atoms with Crippen LogP contribution in [0.5, 0.6) is 0 Å². The van der Waals surface area contributed by atoms with Crippen LogP contribution in [-0.2, 0) is 20.9 Å². The van der Waals surface area contributed by atoms with Crippen molar-refractivity contribution in [2.75, 3.05) is 26.2 Å². The number of amides is 3. The quantitative estimate of drug-likeness (QED) is 0.855. The van der Waals surface area contributed by atoms with Gasteiger partial charge in [-0.3, -0.25) is 9.59 Å². The SMILES string of the molecule is O=C(N[C@@H]1CCCN(CC(=O)N2CCCC2)C(=O)C1)OCc1ccccc1. The van der Waals surface area contributed by atoms with E-state index in [2.05, 4.69) is 5.32 Å². The average molecular weight is 373 g/mol. The van der Waals surface area contributed by atoms with Crippen LogP contribution in [0, 0.1) is 0 Å². The van der Waals surface area contributed by atoms with Crippen LogP contribution >= 0.6 is 0 Å². The van der Waals surface area contributed by atoms with E-state index in [0.29, 0.717) is 13.0 Å². The summed E-state index contributed by atoms with van der Waals surface area (Å²) in [6, 6.07) is 9.20. The number of carbonyl (C=O) groups is 3. The Balaban J connectivity index is 1.44. The maximum atomic E-state index is 12.5. The van der Waals surface area contributed by atoms with Crippen LogP contribution in [0.1, 0.15) is 37.7 Å². The van der Waals surface area contributed by atoms with Gasteiger partial charge < -0.3 is 19.9 Å². The number of carbonyl (C=O) groups excluding carboxylic acids is 3. The number of alkyl carbamates (subject to hydrolysis) is 1. The predicted molar refractivity (Wildman–Crippen MR) is 99.8 cm³/mol. The van der Waals surface area contributed by atoms with Crippen molar-refractivity contribution < 1.29 is 19.1 Å². The van der Waals surface area contributed by atoms with E-state index in [-0.39, 0.29) is 37.4 Å². The molecular formula is C20H27N3O4. The largest absolute Gasteiger partial charge is 0.445 e. The first-order chi connectivity index (χ1) is 13.1. The van der Waals surface area contributed by atoms with Gasteiger partial charge in [-0.1, -0.05) is 30.3 Å². The Hall–Kier alpha value is -2.57. The van der Waals surface area contributed by atoms with Gasteiger partial charge in [-0.15, -0.1) is 0 Å². The van der Waals surface area contributed by atoms with Gasteiger partial charge in [0.15, 0.2) is 0 Å². The molecule has 2 aliphatic heterocycles. The summed E-state index contributed by atoms with van der Waals surface area (Å²) in [4.78, 5) is 40.3. The highest BCUT2D eigenvalue weighted by molar-refractivity contribution is 5.85. The van der Waals surface area contributed by atoms with Gasteiger partial charge in [0.25, 0.3) is 0 Å². The third-order valence-corrected chi connectivity index (χ3v) is 5.07. The Labute approximate surface area is 159 Å². The minimum Gasteiger partial charge on any atom is -0.445 e. The van der Waals surface area contributed by atoms with E-state index in [1.165, 1.54) is 0 Å². The Morgan fingerprint density at radius 1 is 1.07 bits per heavy atom. The summed E-state index contributed by atoms with van der Waals surface area (Å²) < 4.78 is 5.23. The topological polar surface area (TPSA) is 79.0 Å². The first-order valence-corrected chi connectivity index (χ1v) is 9.64. The number of nitrogens with zero attached hydrogens (tertiary/aromatic N) is 2. The highest BCUT2D eigenvalue weighted by Gasteiger charge is 2.28. The third-order valence-electron chi connectivity index (χ3n) is 5.07. The van der Waals surface area contributed by atoms with Crippen LogP contribution in [0.25, 0.3) is 0 Å². The zero-order valence-corrected chi connectivity index (χ0v) is 15.6. The van der Waals surface area contributed by atoms with E-state index in [9.17, 15) is 14.4 Å². The standard InChI is InChI=1S/C20H27N3O4/c24-18-13-17(21-20(26)27-15-16-7-2-1-3-8-16)9-6-12-23(18)14-19(25)22-10-4-5-11-22/h1-3,7-8,17H,4-6,9-15H2,(H,21,26)/t17-/m1/s1. The molecule has 0 spiro atoms.